The Morgan fingerprint density at radius 2 is 1.81 bits per heavy atom. The van der Waals surface area contributed by atoms with Gasteiger partial charge in [-0.05, 0) is 67.8 Å². The molecule has 0 aliphatic carbocycles. The zero-order valence-electron chi connectivity index (χ0n) is 21.5. The van der Waals surface area contributed by atoms with E-state index in [0.717, 1.165) is 18.4 Å². The third kappa shape index (κ3) is 6.03. The summed E-state index contributed by atoms with van der Waals surface area (Å²) in [6.07, 6.45) is 2.88. The van der Waals surface area contributed by atoms with E-state index in [1.165, 1.54) is 0 Å². The number of nitrogens with zero attached hydrogens (tertiary/aromatic N) is 3. The summed E-state index contributed by atoms with van der Waals surface area (Å²) < 4.78 is 6.91. The highest BCUT2D eigenvalue weighted by atomic mass is 35.5. The Bertz CT molecular complexity index is 1420. The highest BCUT2D eigenvalue weighted by Gasteiger charge is 2.26. The van der Waals surface area contributed by atoms with Crippen molar-refractivity contribution in [3.63, 3.8) is 0 Å². The summed E-state index contributed by atoms with van der Waals surface area (Å²) in [6.45, 7) is 4.52. The molecule has 4 aromatic rings. The van der Waals surface area contributed by atoms with Crippen LogP contribution in [-0.2, 0) is 11.2 Å². The molecular formula is C30H32ClN3O3. The number of hydrogen-bond acceptors (Lipinski definition) is 4. The summed E-state index contributed by atoms with van der Waals surface area (Å²) in [5.41, 5.74) is 2.10. The van der Waals surface area contributed by atoms with Crippen molar-refractivity contribution in [1.29, 1.82) is 0 Å². The number of rotatable bonds is 10. The highest BCUT2D eigenvalue weighted by Crippen LogP contribution is 2.26. The lowest BCUT2D eigenvalue weighted by Crippen LogP contribution is -2.38. The van der Waals surface area contributed by atoms with E-state index in [0.29, 0.717) is 52.6 Å². The number of aromatic nitrogens is 2. The topological polar surface area (TPSA) is 64.4 Å². The first-order valence-electron chi connectivity index (χ1n) is 12.6. The summed E-state index contributed by atoms with van der Waals surface area (Å²) in [4.78, 5) is 34.0. The summed E-state index contributed by atoms with van der Waals surface area (Å²) in [7, 11) is 1.60. The fourth-order valence-electron chi connectivity index (χ4n) is 4.48. The van der Waals surface area contributed by atoms with Gasteiger partial charge in [-0.15, -0.1) is 0 Å². The predicted molar refractivity (Wildman–Crippen MR) is 149 cm³/mol. The molecule has 0 N–H and O–H groups in total. The molecule has 0 radical (unpaired) electrons. The predicted octanol–water partition coefficient (Wildman–Crippen LogP) is 6.37. The fraction of sp³-hybridized carbons (Fsp3) is 0.300. The lowest BCUT2D eigenvalue weighted by Gasteiger charge is -2.31. The molecule has 0 fully saturated rings. The maximum absolute atomic E-state index is 13.8. The second-order valence-corrected chi connectivity index (χ2v) is 9.51. The first-order valence-corrected chi connectivity index (χ1v) is 13.0. The highest BCUT2D eigenvalue weighted by molar-refractivity contribution is 6.31. The van der Waals surface area contributed by atoms with Crippen LogP contribution in [0.2, 0.25) is 5.02 Å². The number of benzene rings is 3. The summed E-state index contributed by atoms with van der Waals surface area (Å²) >= 11 is 6.25. The Morgan fingerprint density at radius 3 is 2.49 bits per heavy atom. The van der Waals surface area contributed by atoms with Crippen molar-refractivity contribution in [3.8, 4) is 11.4 Å². The van der Waals surface area contributed by atoms with Crippen LogP contribution in [-0.4, -0.2) is 34.0 Å². The van der Waals surface area contributed by atoms with Crippen LogP contribution < -0.4 is 10.3 Å². The number of unbranched alkanes of at least 4 members (excludes halogenated alkanes) is 1. The number of carbonyl (C=O) groups excluding carboxylic acids is 1. The normalized spacial score (nSPS) is 11.9. The average molecular weight is 518 g/mol. The molecule has 1 atom stereocenters. The van der Waals surface area contributed by atoms with E-state index >= 15 is 0 Å². The number of hydrogen-bond donors (Lipinski definition) is 0. The summed E-state index contributed by atoms with van der Waals surface area (Å²) in [6, 6.07) is 22.0. The molecule has 0 aliphatic heterocycles. The number of halogens is 1. The number of fused-ring (bicyclic) bond motifs is 1. The zero-order valence-corrected chi connectivity index (χ0v) is 22.2. The van der Waals surface area contributed by atoms with Crippen molar-refractivity contribution < 1.29 is 9.53 Å². The molecule has 1 aromatic heterocycles. The van der Waals surface area contributed by atoms with Gasteiger partial charge in [0.2, 0.25) is 5.91 Å². The van der Waals surface area contributed by atoms with Gasteiger partial charge in [0.15, 0.2) is 0 Å². The van der Waals surface area contributed by atoms with Crippen LogP contribution in [0.5, 0.6) is 5.75 Å². The molecule has 3 aromatic carbocycles. The van der Waals surface area contributed by atoms with Crippen LogP contribution in [0.25, 0.3) is 16.6 Å². The molecule has 0 bridgehead atoms. The van der Waals surface area contributed by atoms with Crippen LogP contribution in [0.1, 0.15) is 50.5 Å². The molecule has 0 aliphatic rings. The van der Waals surface area contributed by atoms with E-state index < -0.39 is 6.04 Å². The molecule has 6 nitrogen and oxygen atoms in total. The first-order chi connectivity index (χ1) is 17.9. The minimum Gasteiger partial charge on any atom is -0.497 e. The third-order valence-corrected chi connectivity index (χ3v) is 6.81. The number of amides is 1. The van der Waals surface area contributed by atoms with Gasteiger partial charge in [-0.25, -0.2) is 4.98 Å². The van der Waals surface area contributed by atoms with Gasteiger partial charge in [0.25, 0.3) is 5.56 Å². The molecule has 0 saturated heterocycles. The van der Waals surface area contributed by atoms with Gasteiger partial charge in [0.1, 0.15) is 11.6 Å². The molecule has 1 amide bonds. The summed E-state index contributed by atoms with van der Waals surface area (Å²) in [5.74, 6) is 1.22. The van der Waals surface area contributed by atoms with Crippen molar-refractivity contribution in [3.05, 3.63) is 99.6 Å². The lowest BCUT2D eigenvalue weighted by atomic mass is 10.1. The molecule has 0 saturated carbocycles. The maximum atomic E-state index is 13.8. The van der Waals surface area contributed by atoms with E-state index in [-0.39, 0.29) is 11.5 Å². The van der Waals surface area contributed by atoms with Gasteiger partial charge in [0.05, 0.1) is 29.7 Å². The van der Waals surface area contributed by atoms with E-state index in [4.69, 9.17) is 21.3 Å². The monoisotopic (exact) mass is 517 g/mol. The van der Waals surface area contributed by atoms with Crippen LogP contribution in [0.4, 0.5) is 0 Å². The van der Waals surface area contributed by atoms with Crippen molar-refractivity contribution in [2.24, 2.45) is 0 Å². The Balaban J connectivity index is 1.83. The van der Waals surface area contributed by atoms with Gasteiger partial charge in [0, 0.05) is 18.0 Å². The maximum Gasteiger partial charge on any atom is 0.266 e. The standard InChI is InChI=1S/C30H32ClN3O3/c1-4-5-11-28(35)33(19-18-22-9-7-6-8-10-22)21(2)29-32-27-20-23(31)12-17-26(27)30(36)34(29)24-13-15-25(37-3)16-14-24/h6-10,12-17,20-21H,4-5,11,18-19H2,1-3H3. The van der Waals surface area contributed by atoms with Gasteiger partial charge in [-0.3, -0.25) is 14.2 Å². The van der Waals surface area contributed by atoms with Crippen LogP contribution in [0.3, 0.4) is 0 Å². The Kier molecular flexibility index (Phi) is 8.62. The van der Waals surface area contributed by atoms with Crippen molar-refractivity contribution in [2.75, 3.05) is 13.7 Å². The van der Waals surface area contributed by atoms with Gasteiger partial charge in [-0.2, -0.15) is 0 Å². The molecule has 0 spiro atoms. The van der Waals surface area contributed by atoms with Gasteiger partial charge >= 0.3 is 0 Å². The van der Waals surface area contributed by atoms with Crippen molar-refractivity contribution in [2.45, 2.75) is 45.6 Å². The van der Waals surface area contributed by atoms with Crippen molar-refractivity contribution in [1.82, 2.24) is 14.5 Å². The molecule has 4 rings (SSSR count). The summed E-state index contributed by atoms with van der Waals surface area (Å²) in [5, 5.41) is 0.962. The Hall–Kier alpha value is -3.64. The zero-order chi connectivity index (χ0) is 26.4. The molecule has 1 heterocycles. The fourth-order valence-corrected chi connectivity index (χ4v) is 4.64. The largest absolute Gasteiger partial charge is 0.497 e. The van der Waals surface area contributed by atoms with Crippen LogP contribution >= 0.6 is 11.6 Å². The first kappa shape index (κ1) is 26.4. The minimum atomic E-state index is -0.453. The molecular weight excluding hydrogens is 486 g/mol. The second-order valence-electron chi connectivity index (χ2n) is 9.07. The smallest absolute Gasteiger partial charge is 0.266 e. The van der Waals surface area contributed by atoms with Crippen LogP contribution in [0.15, 0.2) is 77.6 Å². The number of ether oxygens (including phenoxy) is 1. The van der Waals surface area contributed by atoms with E-state index in [1.54, 1.807) is 29.9 Å². The van der Waals surface area contributed by atoms with Gasteiger partial charge < -0.3 is 9.64 Å². The Labute approximate surface area is 222 Å². The minimum absolute atomic E-state index is 0.0482. The molecule has 37 heavy (non-hydrogen) atoms. The second kappa shape index (κ2) is 12.1. The average Bonchev–Trinajstić information content (AvgIpc) is 2.92. The lowest BCUT2D eigenvalue weighted by molar-refractivity contribution is -0.133. The third-order valence-electron chi connectivity index (χ3n) is 6.58. The van der Waals surface area contributed by atoms with Gasteiger partial charge in [-0.1, -0.05) is 55.3 Å². The van der Waals surface area contributed by atoms with E-state index in [2.05, 4.69) is 19.1 Å². The van der Waals surface area contributed by atoms with Crippen molar-refractivity contribution >= 4 is 28.4 Å². The molecule has 192 valence electrons. The molecule has 7 heteroatoms. The van der Waals surface area contributed by atoms with E-state index in [9.17, 15) is 9.59 Å². The Morgan fingerprint density at radius 1 is 1.08 bits per heavy atom. The number of methoxy groups -OCH3 is 1. The quantitative estimate of drug-likeness (QED) is 0.245. The number of carbonyl (C=O) groups is 1. The van der Waals surface area contributed by atoms with Crippen LogP contribution in [0, 0.1) is 0 Å². The SMILES string of the molecule is CCCCC(=O)N(CCc1ccccc1)C(C)c1nc2cc(Cl)ccc2c(=O)n1-c1ccc(OC)cc1. The van der Waals surface area contributed by atoms with E-state index in [1.807, 2.05) is 54.3 Å². The molecule has 1 unspecified atom stereocenters.